The minimum Gasteiger partial charge on any atom is -0.507 e. The van der Waals surface area contributed by atoms with Crippen molar-refractivity contribution in [3.8, 4) is 28.7 Å². The normalized spacial score (nSPS) is 10.7. The Hall–Kier alpha value is -2.77. The van der Waals surface area contributed by atoms with Crippen molar-refractivity contribution in [3.05, 3.63) is 30.2 Å². The maximum atomic E-state index is 13.1. The summed E-state index contributed by atoms with van der Waals surface area (Å²) in [6.45, 7) is 0. The third-order valence-corrected chi connectivity index (χ3v) is 2.26. The number of aromatic hydroxyl groups is 1. The van der Waals surface area contributed by atoms with Crippen molar-refractivity contribution in [1.82, 2.24) is 25.6 Å². The van der Waals surface area contributed by atoms with Gasteiger partial charge in [-0.1, -0.05) is 5.16 Å². The van der Waals surface area contributed by atoms with Gasteiger partial charge in [-0.3, -0.25) is 0 Å². The molecule has 0 aliphatic heterocycles. The Bertz CT molecular complexity index is 679. The van der Waals surface area contributed by atoms with Crippen LogP contribution in [-0.2, 0) is 0 Å². The zero-order valence-electron chi connectivity index (χ0n) is 8.83. The molecule has 0 amide bonds. The summed E-state index contributed by atoms with van der Waals surface area (Å²) in [5.41, 5.74) is 0.512. The van der Waals surface area contributed by atoms with Gasteiger partial charge in [-0.2, -0.15) is 20.4 Å². The van der Waals surface area contributed by atoms with Gasteiger partial charge < -0.3 is 9.63 Å². The van der Waals surface area contributed by atoms with Crippen LogP contribution in [-0.4, -0.2) is 30.7 Å². The molecule has 7 nitrogen and oxygen atoms in total. The van der Waals surface area contributed by atoms with Crippen molar-refractivity contribution in [1.29, 1.82) is 0 Å². The Morgan fingerprint density at radius 3 is 3.00 bits per heavy atom. The number of aromatic nitrogens is 5. The molecule has 3 aromatic rings. The van der Waals surface area contributed by atoms with E-state index in [1.54, 1.807) is 0 Å². The quantitative estimate of drug-likeness (QED) is 0.709. The smallest absolute Gasteiger partial charge is 0.262 e. The molecule has 1 aromatic carbocycles. The SMILES string of the molecule is Oc1ccc(F)cc1-c1nc(-c2cn[nH]n2)no1. The molecule has 2 heterocycles. The molecule has 3 rings (SSSR count). The zero-order valence-corrected chi connectivity index (χ0v) is 8.83. The average molecular weight is 247 g/mol. The van der Waals surface area contributed by atoms with Crippen LogP contribution in [0.2, 0.25) is 0 Å². The second-order valence-corrected chi connectivity index (χ2v) is 3.44. The first kappa shape index (κ1) is 10.4. The molecule has 18 heavy (non-hydrogen) atoms. The first-order valence-corrected chi connectivity index (χ1v) is 4.93. The Balaban J connectivity index is 2.05. The van der Waals surface area contributed by atoms with Crippen molar-refractivity contribution < 1.29 is 14.0 Å². The number of phenolic OH excluding ortho intramolecular Hbond substituents is 1. The van der Waals surface area contributed by atoms with Crippen LogP contribution in [0.4, 0.5) is 4.39 Å². The summed E-state index contributed by atoms with van der Waals surface area (Å²) in [6.07, 6.45) is 1.42. The predicted molar refractivity (Wildman–Crippen MR) is 56.7 cm³/mol. The van der Waals surface area contributed by atoms with Crippen LogP contribution < -0.4 is 0 Å². The number of nitrogens with one attached hydrogen (secondary N) is 1. The number of H-pyrrole nitrogens is 1. The molecule has 0 saturated heterocycles. The summed E-state index contributed by atoms with van der Waals surface area (Å²) in [6, 6.07) is 3.45. The number of phenols is 1. The fourth-order valence-electron chi connectivity index (χ4n) is 1.43. The minimum atomic E-state index is -0.510. The van der Waals surface area contributed by atoms with E-state index >= 15 is 0 Å². The van der Waals surface area contributed by atoms with Gasteiger partial charge in [-0.25, -0.2) is 4.39 Å². The first-order valence-electron chi connectivity index (χ1n) is 4.93. The number of hydrogen-bond donors (Lipinski definition) is 2. The van der Waals surface area contributed by atoms with Gasteiger partial charge >= 0.3 is 0 Å². The summed E-state index contributed by atoms with van der Waals surface area (Å²) >= 11 is 0. The molecule has 8 heteroatoms. The molecular formula is C10H6FN5O2. The molecule has 0 spiro atoms. The van der Waals surface area contributed by atoms with Gasteiger partial charge in [0.15, 0.2) is 5.69 Å². The lowest BCUT2D eigenvalue weighted by Gasteiger charge is -1.98. The number of hydrogen-bond acceptors (Lipinski definition) is 6. The van der Waals surface area contributed by atoms with E-state index in [1.165, 1.54) is 12.3 Å². The van der Waals surface area contributed by atoms with Crippen LogP contribution in [0.3, 0.4) is 0 Å². The van der Waals surface area contributed by atoms with Crippen molar-refractivity contribution in [3.63, 3.8) is 0 Å². The number of rotatable bonds is 2. The molecule has 0 aliphatic carbocycles. The molecular weight excluding hydrogens is 241 g/mol. The monoisotopic (exact) mass is 247 g/mol. The zero-order chi connectivity index (χ0) is 12.5. The lowest BCUT2D eigenvalue weighted by atomic mass is 10.2. The minimum absolute atomic E-state index is 0.00463. The first-order chi connectivity index (χ1) is 8.74. The maximum Gasteiger partial charge on any atom is 0.262 e. The molecule has 0 radical (unpaired) electrons. The molecule has 0 bridgehead atoms. The van der Waals surface area contributed by atoms with E-state index in [9.17, 15) is 9.50 Å². The second kappa shape index (κ2) is 3.91. The average Bonchev–Trinajstić information content (AvgIpc) is 3.00. The lowest BCUT2D eigenvalue weighted by Crippen LogP contribution is -1.83. The lowest BCUT2D eigenvalue weighted by molar-refractivity contribution is 0.425. The largest absolute Gasteiger partial charge is 0.507 e. The molecule has 0 atom stereocenters. The molecule has 2 aromatic heterocycles. The Kier molecular flexibility index (Phi) is 2.26. The maximum absolute atomic E-state index is 13.1. The van der Waals surface area contributed by atoms with Gasteiger partial charge in [0.25, 0.3) is 5.89 Å². The highest BCUT2D eigenvalue weighted by atomic mass is 19.1. The topological polar surface area (TPSA) is 101 Å². The van der Waals surface area contributed by atoms with E-state index in [1.807, 2.05) is 0 Å². The molecule has 90 valence electrons. The van der Waals surface area contributed by atoms with Gasteiger partial charge in [0, 0.05) is 0 Å². The Morgan fingerprint density at radius 2 is 2.22 bits per heavy atom. The van der Waals surface area contributed by atoms with E-state index in [0.717, 1.165) is 12.1 Å². The van der Waals surface area contributed by atoms with Gasteiger partial charge in [-0.05, 0) is 18.2 Å². The predicted octanol–water partition coefficient (Wildman–Crippen LogP) is 1.37. The van der Waals surface area contributed by atoms with E-state index < -0.39 is 5.82 Å². The van der Waals surface area contributed by atoms with Gasteiger partial charge in [-0.15, -0.1) is 0 Å². The Labute approximate surface area is 99.3 Å². The van der Waals surface area contributed by atoms with Crippen LogP contribution in [0.15, 0.2) is 28.9 Å². The van der Waals surface area contributed by atoms with E-state index in [4.69, 9.17) is 4.52 Å². The third-order valence-electron chi connectivity index (χ3n) is 2.26. The summed E-state index contributed by atoms with van der Waals surface area (Å²) in [4.78, 5) is 4.00. The highest BCUT2D eigenvalue weighted by Gasteiger charge is 2.15. The fourth-order valence-corrected chi connectivity index (χ4v) is 1.43. The van der Waals surface area contributed by atoms with Gasteiger partial charge in [0.05, 0.1) is 11.8 Å². The van der Waals surface area contributed by atoms with Crippen molar-refractivity contribution in [2.45, 2.75) is 0 Å². The molecule has 0 saturated carbocycles. The third kappa shape index (κ3) is 1.69. The highest BCUT2D eigenvalue weighted by molar-refractivity contribution is 5.63. The van der Waals surface area contributed by atoms with Crippen LogP contribution >= 0.6 is 0 Å². The molecule has 0 unspecified atom stereocenters. The van der Waals surface area contributed by atoms with Crippen molar-refractivity contribution >= 4 is 0 Å². The van der Waals surface area contributed by atoms with Crippen molar-refractivity contribution in [2.24, 2.45) is 0 Å². The Morgan fingerprint density at radius 1 is 1.33 bits per heavy atom. The fraction of sp³-hybridized carbons (Fsp3) is 0. The number of aromatic amines is 1. The number of benzene rings is 1. The molecule has 2 N–H and O–H groups in total. The van der Waals surface area contributed by atoms with Gasteiger partial charge in [0.2, 0.25) is 5.82 Å². The number of halogens is 1. The standard InChI is InChI=1S/C10H6FN5O2/c11-5-1-2-8(17)6(3-5)10-13-9(15-18-10)7-4-12-16-14-7/h1-4,17H,(H,12,14,16). The molecule has 0 aliphatic rings. The van der Waals surface area contributed by atoms with Crippen LogP contribution in [0.5, 0.6) is 5.75 Å². The van der Waals surface area contributed by atoms with Gasteiger partial charge in [0.1, 0.15) is 11.6 Å². The van der Waals surface area contributed by atoms with E-state index in [-0.39, 0.29) is 23.0 Å². The van der Waals surface area contributed by atoms with Crippen LogP contribution in [0.1, 0.15) is 0 Å². The van der Waals surface area contributed by atoms with E-state index in [2.05, 4.69) is 25.6 Å². The summed E-state index contributed by atoms with van der Waals surface area (Å²) in [5.74, 6) is -0.455. The van der Waals surface area contributed by atoms with Crippen molar-refractivity contribution in [2.75, 3.05) is 0 Å². The summed E-state index contributed by atoms with van der Waals surface area (Å²) < 4.78 is 18.0. The second-order valence-electron chi connectivity index (χ2n) is 3.44. The number of nitrogens with zero attached hydrogens (tertiary/aromatic N) is 4. The molecule has 0 fully saturated rings. The van der Waals surface area contributed by atoms with E-state index in [0.29, 0.717) is 5.69 Å². The highest BCUT2D eigenvalue weighted by Crippen LogP contribution is 2.29. The van der Waals surface area contributed by atoms with Crippen LogP contribution in [0, 0.1) is 5.82 Å². The summed E-state index contributed by atoms with van der Waals surface area (Å²) in [7, 11) is 0. The summed E-state index contributed by atoms with van der Waals surface area (Å²) in [5, 5.41) is 23.1. The van der Waals surface area contributed by atoms with Crippen LogP contribution in [0.25, 0.3) is 23.0 Å².